The van der Waals surface area contributed by atoms with Crippen LogP contribution < -0.4 is 5.32 Å². The van der Waals surface area contributed by atoms with Gasteiger partial charge >= 0.3 is 5.97 Å². The number of carbonyl (C=O) groups is 1. The van der Waals surface area contributed by atoms with Gasteiger partial charge in [0.05, 0.1) is 13.0 Å². The van der Waals surface area contributed by atoms with E-state index in [2.05, 4.69) is 5.32 Å². The number of aliphatic hydroxyl groups excluding tert-OH is 1. The van der Waals surface area contributed by atoms with Crippen molar-refractivity contribution in [3.63, 3.8) is 0 Å². The topological polar surface area (TPSA) is 58.6 Å². The molecular weight excluding hydrogens is 278 g/mol. The number of methoxy groups -OCH3 is 1. The van der Waals surface area contributed by atoms with Crippen molar-refractivity contribution in [3.8, 4) is 0 Å². The van der Waals surface area contributed by atoms with Crippen molar-refractivity contribution in [1.82, 2.24) is 5.32 Å². The Balaban J connectivity index is 0.00000115. The summed E-state index contributed by atoms with van der Waals surface area (Å²) < 4.78 is 4.94. The zero-order valence-electron chi connectivity index (χ0n) is 12.0. The van der Waals surface area contributed by atoms with Gasteiger partial charge in [0.2, 0.25) is 0 Å². The number of esters is 1. The molecule has 0 aromatic heterocycles. The molecule has 1 aromatic carbocycles. The summed E-state index contributed by atoms with van der Waals surface area (Å²) in [5.74, 6) is -0.322. The highest BCUT2D eigenvalue weighted by molar-refractivity contribution is 5.85. The maximum Gasteiger partial charge on any atom is 0.314 e. The van der Waals surface area contributed by atoms with Crippen LogP contribution in [0.3, 0.4) is 0 Å². The highest BCUT2D eigenvalue weighted by atomic mass is 35.5. The van der Waals surface area contributed by atoms with Crippen LogP contribution in [-0.2, 0) is 9.53 Å². The van der Waals surface area contributed by atoms with Gasteiger partial charge in [0.1, 0.15) is 0 Å². The highest BCUT2D eigenvalue weighted by Gasteiger charge is 2.31. The minimum Gasteiger partial charge on any atom is -0.469 e. The summed E-state index contributed by atoms with van der Waals surface area (Å²) >= 11 is 0. The molecule has 1 saturated heterocycles. The maximum absolute atomic E-state index is 11.9. The number of carbonyl (C=O) groups excluding carboxylic acids is 1. The van der Waals surface area contributed by atoms with Crippen LogP contribution >= 0.6 is 12.4 Å². The normalized spacial score (nSPS) is 18.9. The first-order chi connectivity index (χ1) is 9.33. The fourth-order valence-electron chi connectivity index (χ4n) is 2.48. The van der Waals surface area contributed by atoms with E-state index in [1.807, 2.05) is 30.3 Å². The number of halogens is 1. The van der Waals surface area contributed by atoms with Crippen molar-refractivity contribution in [2.24, 2.45) is 0 Å². The lowest BCUT2D eigenvalue weighted by atomic mass is 9.86. The van der Waals surface area contributed by atoms with Gasteiger partial charge in [-0.05, 0) is 24.9 Å². The molecule has 0 saturated carbocycles. The fourth-order valence-corrected chi connectivity index (χ4v) is 2.48. The Morgan fingerprint density at radius 1 is 1.30 bits per heavy atom. The second-order valence-corrected chi connectivity index (χ2v) is 4.47. The van der Waals surface area contributed by atoms with Crippen LogP contribution in [0.1, 0.15) is 30.7 Å². The third-order valence-electron chi connectivity index (χ3n) is 3.36. The van der Waals surface area contributed by atoms with Crippen LogP contribution in [-0.4, -0.2) is 37.9 Å². The third kappa shape index (κ3) is 5.12. The van der Waals surface area contributed by atoms with E-state index >= 15 is 0 Å². The first-order valence-corrected chi connectivity index (χ1v) is 6.64. The Kier molecular flexibility index (Phi) is 10.1. The number of hydrogen-bond acceptors (Lipinski definition) is 4. The summed E-state index contributed by atoms with van der Waals surface area (Å²) in [6.45, 7) is 0.991. The van der Waals surface area contributed by atoms with Crippen molar-refractivity contribution < 1.29 is 14.6 Å². The van der Waals surface area contributed by atoms with Gasteiger partial charge in [-0.2, -0.15) is 0 Å². The fraction of sp³-hybridized carbons (Fsp3) is 0.533. The van der Waals surface area contributed by atoms with Crippen LogP contribution in [0.4, 0.5) is 0 Å². The van der Waals surface area contributed by atoms with E-state index in [0.717, 1.165) is 25.6 Å². The first-order valence-electron chi connectivity index (χ1n) is 6.64. The Morgan fingerprint density at radius 3 is 2.45 bits per heavy atom. The number of ether oxygens (including phenoxy) is 1. The first kappa shape index (κ1) is 18.9. The van der Waals surface area contributed by atoms with Crippen LogP contribution in [0, 0.1) is 0 Å². The zero-order valence-corrected chi connectivity index (χ0v) is 12.9. The SMILES string of the molecule is CO.COC(=O)C(c1ccccc1)C1CCCCN1.Cl. The molecule has 2 unspecified atom stereocenters. The molecule has 4 nitrogen and oxygen atoms in total. The summed E-state index contributed by atoms with van der Waals surface area (Å²) in [6, 6.07) is 10.1. The maximum atomic E-state index is 11.9. The monoisotopic (exact) mass is 301 g/mol. The van der Waals surface area contributed by atoms with E-state index in [4.69, 9.17) is 9.84 Å². The summed E-state index contributed by atoms with van der Waals surface area (Å²) in [4.78, 5) is 11.9. The summed E-state index contributed by atoms with van der Waals surface area (Å²) in [6.07, 6.45) is 3.41. The molecule has 2 rings (SSSR count). The molecule has 0 aliphatic carbocycles. The largest absolute Gasteiger partial charge is 0.469 e. The predicted molar refractivity (Wildman–Crippen MR) is 82.2 cm³/mol. The molecule has 0 radical (unpaired) electrons. The Bertz CT molecular complexity index is 367. The quantitative estimate of drug-likeness (QED) is 0.840. The lowest BCUT2D eigenvalue weighted by molar-refractivity contribution is -0.143. The number of nitrogens with one attached hydrogen (secondary N) is 1. The molecule has 2 atom stereocenters. The molecular formula is C15H24ClNO3. The Hall–Kier alpha value is -1.10. The molecule has 2 N–H and O–H groups in total. The second-order valence-electron chi connectivity index (χ2n) is 4.47. The molecule has 0 amide bonds. The molecule has 5 heteroatoms. The van der Waals surface area contributed by atoms with E-state index in [9.17, 15) is 4.79 Å². The zero-order chi connectivity index (χ0) is 14.1. The van der Waals surface area contributed by atoms with Crippen LogP contribution in [0.25, 0.3) is 0 Å². The Labute approximate surface area is 126 Å². The highest BCUT2D eigenvalue weighted by Crippen LogP contribution is 2.26. The van der Waals surface area contributed by atoms with Gasteiger partial charge in [-0.15, -0.1) is 12.4 Å². The smallest absolute Gasteiger partial charge is 0.314 e. The van der Waals surface area contributed by atoms with Crippen molar-refractivity contribution >= 4 is 18.4 Å². The molecule has 1 heterocycles. The van der Waals surface area contributed by atoms with E-state index in [1.165, 1.54) is 20.0 Å². The molecule has 1 aliphatic rings. The van der Waals surface area contributed by atoms with Gasteiger partial charge < -0.3 is 15.2 Å². The predicted octanol–water partition coefficient (Wildman–Crippen LogP) is 2.12. The number of rotatable bonds is 3. The number of benzene rings is 1. The van der Waals surface area contributed by atoms with E-state index in [-0.39, 0.29) is 30.3 Å². The molecule has 114 valence electrons. The molecule has 1 aromatic rings. The van der Waals surface area contributed by atoms with Crippen molar-refractivity contribution in [3.05, 3.63) is 35.9 Å². The summed E-state index contributed by atoms with van der Waals surface area (Å²) in [5, 5.41) is 10.4. The number of aliphatic hydroxyl groups is 1. The van der Waals surface area contributed by atoms with Gasteiger partial charge in [0.15, 0.2) is 0 Å². The van der Waals surface area contributed by atoms with Crippen LogP contribution in [0.5, 0.6) is 0 Å². The van der Waals surface area contributed by atoms with E-state index in [0.29, 0.717) is 0 Å². The average Bonchev–Trinajstić information content (AvgIpc) is 2.51. The summed E-state index contributed by atoms with van der Waals surface area (Å²) in [5.41, 5.74) is 1.04. The van der Waals surface area contributed by atoms with Gasteiger partial charge in [0, 0.05) is 13.2 Å². The van der Waals surface area contributed by atoms with Crippen LogP contribution in [0.2, 0.25) is 0 Å². The molecule has 1 aliphatic heterocycles. The minimum absolute atomic E-state index is 0. The van der Waals surface area contributed by atoms with E-state index < -0.39 is 0 Å². The Morgan fingerprint density at radius 2 is 1.95 bits per heavy atom. The molecule has 0 spiro atoms. The van der Waals surface area contributed by atoms with Crippen molar-refractivity contribution in [1.29, 1.82) is 0 Å². The van der Waals surface area contributed by atoms with Gasteiger partial charge in [0.25, 0.3) is 0 Å². The second kappa shape index (κ2) is 10.7. The van der Waals surface area contributed by atoms with E-state index in [1.54, 1.807) is 0 Å². The molecule has 20 heavy (non-hydrogen) atoms. The van der Waals surface area contributed by atoms with Crippen LogP contribution in [0.15, 0.2) is 30.3 Å². The third-order valence-corrected chi connectivity index (χ3v) is 3.36. The lowest BCUT2D eigenvalue weighted by Gasteiger charge is -2.29. The average molecular weight is 302 g/mol. The lowest BCUT2D eigenvalue weighted by Crippen LogP contribution is -2.42. The molecule has 1 fully saturated rings. The van der Waals surface area contributed by atoms with Crippen molar-refractivity contribution in [2.75, 3.05) is 20.8 Å². The van der Waals surface area contributed by atoms with Gasteiger partial charge in [-0.1, -0.05) is 36.8 Å². The molecule has 0 bridgehead atoms. The van der Waals surface area contributed by atoms with Gasteiger partial charge in [-0.25, -0.2) is 0 Å². The number of hydrogen-bond donors (Lipinski definition) is 2. The number of piperidine rings is 1. The van der Waals surface area contributed by atoms with Gasteiger partial charge in [-0.3, -0.25) is 4.79 Å². The standard InChI is InChI=1S/C14H19NO2.CH4O.ClH/c1-17-14(16)13(11-7-3-2-4-8-11)12-9-5-6-10-15-12;1-2;/h2-4,7-8,12-13,15H,5-6,9-10H2,1H3;2H,1H3;1H. The van der Waals surface area contributed by atoms with Crippen molar-refractivity contribution in [2.45, 2.75) is 31.2 Å². The minimum atomic E-state index is -0.179. The summed E-state index contributed by atoms with van der Waals surface area (Å²) in [7, 11) is 2.46.